The highest BCUT2D eigenvalue weighted by atomic mass is 35.5. The van der Waals surface area contributed by atoms with Crippen molar-refractivity contribution in [1.29, 1.82) is 0 Å². The number of nitrogens with zero attached hydrogens (tertiary/aromatic N) is 3. The van der Waals surface area contributed by atoms with Crippen LogP contribution in [-0.2, 0) is 4.74 Å². The van der Waals surface area contributed by atoms with Gasteiger partial charge in [0, 0.05) is 52.1 Å². The van der Waals surface area contributed by atoms with Crippen LogP contribution in [0.4, 0.5) is 0 Å². The van der Waals surface area contributed by atoms with Gasteiger partial charge in [-0.3, -0.25) is 9.48 Å². The minimum absolute atomic E-state index is 0. The van der Waals surface area contributed by atoms with Crippen molar-refractivity contribution < 1.29 is 9.53 Å². The number of hydrogen-bond donors (Lipinski definition) is 2. The van der Waals surface area contributed by atoms with Crippen molar-refractivity contribution in [2.45, 2.75) is 44.2 Å². The molecule has 3 heterocycles. The van der Waals surface area contributed by atoms with E-state index in [-0.39, 0.29) is 24.4 Å². The molecule has 7 nitrogen and oxygen atoms in total. The topological polar surface area (TPSA) is 71.4 Å². The molecule has 2 fully saturated rings. The van der Waals surface area contributed by atoms with E-state index in [1.807, 2.05) is 16.9 Å². The fraction of sp³-hybridized carbons (Fsp3) is 0.778. The molecule has 0 bridgehead atoms. The van der Waals surface area contributed by atoms with Gasteiger partial charge in [-0.2, -0.15) is 5.10 Å². The van der Waals surface area contributed by atoms with E-state index < -0.39 is 0 Å². The Morgan fingerprint density at radius 2 is 2.19 bits per heavy atom. The summed E-state index contributed by atoms with van der Waals surface area (Å²) in [5.41, 5.74) is 0.535. The number of piperidine rings is 2. The predicted molar refractivity (Wildman–Crippen MR) is 104 cm³/mol. The molecule has 1 aromatic heterocycles. The van der Waals surface area contributed by atoms with E-state index >= 15 is 0 Å². The average Bonchev–Trinajstić information content (AvgIpc) is 3.14. The maximum atomic E-state index is 12.5. The van der Waals surface area contributed by atoms with Crippen LogP contribution in [0.5, 0.6) is 0 Å². The summed E-state index contributed by atoms with van der Waals surface area (Å²) in [6, 6.07) is 2.46. The minimum atomic E-state index is -0.0413. The first-order valence-electron chi connectivity index (χ1n) is 9.54. The second-order valence-electron chi connectivity index (χ2n) is 7.12. The van der Waals surface area contributed by atoms with Gasteiger partial charge in [-0.05, 0) is 44.7 Å². The van der Waals surface area contributed by atoms with Crippen LogP contribution >= 0.6 is 12.4 Å². The number of carbonyl (C=O) groups is 1. The zero-order valence-corrected chi connectivity index (χ0v) is 16.5. The fourth-order valence-electron chi connectivity index (χ4n) is 3.71. The van der Waals surface area contributed by atoms with E-state index in [1.54, 1.807) is 7.11 Å². The Hall–Kier alpha value is -1.15. The van der Waals surface area contributed by atoms with Crippen LogP contribution in [0.1, 0.15) is 48.6 Å². The lowest BCUT2D eigenvalue weighted by Gasteiger charge is -2.32. The van der Waals surface area contributed by atoms with Crippen molar-refractivity contribution in [2.24, 2.45) is 0 Å². The molecule has 2 aliphatic rings. The van der Waals surface area contributed by atoms with E-state index in [0.29, 0.717) is 11.7 Å². The molecule has 0 saturated carbocycles. The van der Waals surface area contributed by atoms with Crippen molar-refractivity contribution in [3.8, 4) is 0 Å². The zero-order chi connectivity index (χ0) is 17.5. The summed E-state index contributed by atoms with van der Waals surface area (Å²) in [5.74, 6) is -0.0413. The number of likely N-dealkylation sites (tertiary alicyclic amines) is 1. The Kier molecular flexibility index (Phi) is 8.84. The summed E-state index contributed by atoms with van der Waals surface area (Å²) < 4.78 is 7.05. The molecule has 1 aromatic rings. The second-order valence-corrected chi connectivity index (χ2v) is 7.12. The molecule has 2 N–H and O–H groups in total. The van der Waals surface area contributed by atoms with Crippen LogP contribution in [0.3, 0.4) is 0 Å². The van der Waals surface area contributed by atoms with Gasteiger partial charge < -0.3 is 20.3 Å². The Morgan fingerprint density at radius 3 is 2.88 bits per heavy atom. The lowest BCUT2D eigenvalue weighted by Crippen LogP contribution is -2.45. The lowest BCUT2D eigenvalue weighted by atomic mass is 10.0. The summed E-state index contributed by atoms with van der Waals surface area (Å²) in [6.45, 7) is 5.98. The summed E-state index contributed by atoms with van der Waals surface area (Å²) in [6.07, 6.45) is 7.30. The first-order valence-corrected chi connectivity index (χ1v) is 9.54. The van der Waals surface area contributed by atoms with E-state index in [0.717, 1.165) is 71.4 Å². The molecule has 3 rings (SSSR count). The van der Waals surface area contributed by atoms with Crippen molar-refractivity contribution >= 4 is 18.3 Å². The molecule has 8 heteroatoms. The van der Waals surface area contributed by atoms with Crippen LogP contribution in [0.15, 0.2) is 12.3 Å². The van der Waals surface area contributed by atoms with Crippen molar-refractivity contribution in [2.75, 3.05) is 46.4 Å². The normalized spacial score (nSPS) is 22.0. The SMILES string of the molecule is COCCCN1CCC(NC(=O)c2ccn(C3CCCNC3)n2)CC1.Cl. The van der Waals surface area contributed by atoms with Crippen LogP contribution in [0.2, 0.25) is 0 Å². The highest BCUT2D eigenvalue weighted by Crippen LogP contribution is 2.16. The molecule has 2 aliphatic heterocycles. The molecule has 0 radical (unpaired) electrons. The first kappa shape index (κ1) is 21.2. The number of carbonyl (C=O) groups excluding carboxylic acids is 1. The number of halogens is 1. The number of methoxy groups -OCH3 is 1. The predicted octanol–water partition coefficient (Wildman–Crippen LogP) is 1.46. The molecular formula is C18H32ClN5O2. The molecule has 1 amide bonds. The van der Waals surface area contributed by atoms with E-state index in [4.69, 9.17) is 4.74 Å². The van der Waals surface area contributed by atoms with Gasteiger partial charge in [-0.1, -0.05) is 0 Å². The van der Waals surface area contributed by atoms with Crippen LogP contribution < -0.4 is 10.6 Å². The Balaban J connectivity index is 0.00000243. The van der Waals surface area contributed by atoms with Gasteiger partial charge in [0.1, 0.15) is 5.69 Å². The minimum Gasteiger partial charge on any atom is -0.385 e. The highest BCUT2D eigenvalue weighted by molar-refractivity contribution is 5.92. The number of rotatable bonds is 7. The Morgan fingerprint density at radius 1 is 1.38 bits per heavy atom. The second kappa shape index (κ2) is 10.9. The van der Waals surface area contributed by atoms with Gasteiger partial charge in [0.05, 0.1) is 6.04 Å². The average molecular weight is 386 g/mol. The van der Waals surface area contributed by atoms with Gasteiger partial charge in [-0.15, -0.1) is 12.4 Å². The summed E-state index contributed by atoms with van der Waals surface area (Å²) in [7, 11) is 1.74. The van der Waals surface area contributed by atoms with Gasteiger partial charge >= 0.3 is 0 Å². The number of nitrogens with one attached hydrogen (secondary N) is 2. The first-order chi connectivity index (χ1) is 12.3. The highest BCUT2D eigenvalue weighted by Gasteiger charge is 2.22. The number of ether oxygens (including phenoxy) is 1. The van der Waals surface area contributed by atoms with Crippen molar-refractivity contribution in [1.82, 2.24) is 25.3 Å². The van der Waals surface area contributed by atoms with E-state index in [2.05, 4.69) is 20.6 Å². The number of hydrogen-bond acceptors (Lipinski definition) is 5. The standard InChI is InChI=1S/C18H31N5O2.ClH/c1-25-13-3-9-22-10-5-15(6-11-22)20-18(24)17-7-12-23(21-17)16-4-2-8-19-14-16;/h7,12,15-16,19H,2-6,8-11,13-14H2,1H3,(H,20,24);1H. The summed E-state index contributed by atoms with van der Waals surface area (Å²) >= 11 is 0. The monoisotopic (exact) mass is 385 g/mol. The molecule has 1 atom stereocenters. The smallest absolute Gasteiger partial charge is 0.271 e. The molecule has 1 unspecified atom stereocenters. The van der Waals surface area contributed by atoms with E-state index in [1.165, 1.54) is 0 Å². The quantitative estimate of drug-likeness (QED) is 0.695. The maximum Gasteiger partial charge on any atom is 0.271 e. The molecule has 26 heavy (non-hydrogen) atoms. The third-order valence-corrected chi connectivity index (χ3v) is 5.23. The number of aromatic nitrogens is 2. The third-order valence-electron chi connectivity index (χ3n) is 5.23. The molecule has 0 aromatic carbocycles. The van der Waals surface area contributed by atoms with Gasteiger partial charge in [0.25, 0.3) is 5.91 Å². The van der Waals surface area contributed by atoms with Crippen LogP contribution in [-0.4, -0.2) is 73.1 Å². The van der Waals surface area contributed by atoms with Gasteiger partial charge in [0.15, 0.2) is 0 Å². The Labute approximate surface area is 162 Å². The van der Waals surface area contributed by atoms with E-state index in [9.17, 15) is 4.79 Å². The molecule has 2 saturated heterocycles. The van der Waals surface area contributed by atoms with Crippen molar-refractivity contribution in [3.05, 3.63) is 18.0 Å². The van der Waals surface area contributed by atoms with Gasteiger partial charge in [0.2, 0.25) is 0 Å². The lowest BCUT2D eigenvalue weighted by molar-refractivity contribution is 0.0900. The molecule has 0 aliphatic carbocycles. The van der Waals surface area contributed by atoms with Gasteiger partial charge in [-0.25, -0.2) is 0 Å². The fourth-order valence-corrected chi connectivity index (χ4v) is 3.71. The largest absolute Gasteiger partial charge is 0.385 e. The maximum absolute atomic E-state index is 12.5. The zero-order valence-electron chi connectivity index (χ0n) is 15.7. The van der Waals surface area contributed by atoms with Crippen molar-refractivity contribution in [3.63, 3.8) is 0 Å². The summed E-state index contributed by atoms with van der Waals surface area (Å²) in [5, 5.41) is 11.0. The number of amides is 1. The molecule has 0 spiro atoms. The molecule has 148 valence electrons. The summed E-state index contributed by atoms with van der Waals surface area (Å²) in [4.78, 5) is 14.9. The molecular weight excluding hydrogens is 354 g/mol. The van der Waals surface area contributed by atoms with Crippen LogP contribution in [0, 0.1) is 0 Å². The third kappa shape index (κ3) is 5.94. The Bertz CT molecular complexity index is 539. The van der Waals surface area contributed by atoms with Crippen LogP contribution in [0.25, 0.3) is 0 Å².